The zero-order valence-electron chi connectivity index (χ0n) is 9.52. The van der Waals surface area contributed by atoms with Crippen LogP contribution in [0.1, 0.15) is 24.8 Å². The van der Waals surface area contributed by atoms with Crippen LogP contribution in [0.2, 0.25) is 0 Å². The molecule has 0 N–H and O–H groups in total. The van der Waals surface area contributed by atoms with E-state index in [1.54, 1.807) is 16.4 Å². The molecule has 3 nitrogen and oxygen atoms in total. The lowest BCUT2D eigenvalue weighted by atomic mass is 10.2. The highest BCUT2D eigenvalue weighted by molar-refractivity contribution is 7.89. The number of sulfonamides is 1. The van der Waals surface area contributed by atoms with Gasteiger partial charge in [0.25, 0.3) is 0 Å². The number of hydrogen-bond donors (Lipinski definition) is 0. The number of benzene rings is 1. The lowest BCUT2D eigenvalue weighted by Crippen LogP contribution is -2.35. The van der Waals surface area contributed by atoms with E-state index in [0.29, 0.717) is 18.0 Å². The highest BCUT2D eigenvalue weighted by Gasteiger charge is 2.26. The van der Waals surface area contributed by atoms with Crippen molar-refractivity contribution < 1.29 is 8.42 Å². The van der Waals surface area contributed by atoms with Crippen molar-refractivity contribution >= 4 is 10.0 Å². The first-order chi connectivity index (χ1) is 7.62. The van der Waals surface area contributed by atoms with Gasteiger partial charge in [-0.25, -0.2) is 8.42 Å². The summed E-state index contributed by atoms with van der Waals surface area (Å²) in [7, 11) is -3.26. The van der Waals surface area contributed by atoms with E-state index in [0.717, 1.165) is 24.8 Å². The Balaban J connectivity index is 2.35. The highest BCUT2D eigenvalue weighted by atomic mass is 32.2. The van der Waals surface area contributed by atoms with Crippen molar-refractivity contribution in [3.05, 3.63) is 29.8 Å². The Kier molecular flexibility index (Phi) is 3.30. The molecule has 1 aromatic rings. The maximum atomic E-state index is 12.3. The smallest absolute Gasteiger partial charge is 0.207 e. The quantitative estimate of drug-likeness (QED) is 0.793. The van der Waals surface area contributed by atoms with Crippen LogP contribution in [0.3, 0.4) is 0 Å². The van der Waals surface area contributed by atoms with Crippen molar-refractivity contribution in [2.75, 3.05) is 13.1 Å². The monoisotopic (exact) mass is 239 g/mol. The molecule has 0 saturated carbocycles. The first kappa shape index (κ1) is 11.6. The maximum Gasteiger partial charge on any atom is 0.243 e. The normalized spacial score (nSPS) is 18.6. The van der Waals surface area contributed by atoms with Gasteiger partial charge < -0.3 is 0 Å². The van der Waals surface area contributed by atoms with E-state index in [4.69, 9.17) is 0 Å². The molecule has 1 fully saturated rings. The second kappa shape index (κ2) is 4.55. The fourth-order valence-electron chi connectivity index (χ4n) is 2.09. The summed E-state index contributed by atoms with van der Waals surface area (Å²) >= 11 is 0. The molecule has 1 heterocycles. The Morgan fingerprint density at radius 3 is 2.31 bits per heavy atom. The van der Waals surface area contributed by atoms with E-state index < -0.39 is 10.0 Å². The fraction of sp³-hybridized carbons (Fsp3) is 0.500. The van der Waals surface area contributed by atoms with Crippen LogP contribution < -0.4 is 0 Å². The van der Waals surface area contributed by atoms with Crippen LogP contribution >= 0.6 is 0 Å². The molecule has 4 heteroatoms. The molecule has 88 valence electrons. The van der Waals surface area contributed by atoms with Crippen molar-refractivity contribution in [1.29, 1.82) is 0 Å². The molecule has 1 aliphatic rings. The zero-order chi connectivity index (χ0) is 11.6. The number of nitrogens with zero attached hydrogens (tertiary/aromatic N) is 1. The molecule has 0 aliphatic carbocycles. The Morgan fingerprint density at radius 1 is 1.06 bits per heavy atom. The minimum absolute atomic E-state index is 0.455. The van der Waals surface area contributed by atoms with Gasteiger partial charge in [0.05, 0.1) is 4.90 Å². The van der Waals surface area contributed by atoms with Crippen molar-refractivity contribution in [2.24, 2.45) is 0 Å². The summed E-state index contributed by atoms with van der Waals surface area (Å²) in [5.41, 5.74) is 0.827. The van der Waals surface area contributed by atoms with Crippen LogP contribution in [-0.4, -0.2) is 25.8 Å². The summed E-state index contributed by atoms with van der Waals surface area (Å²) < 4.78 is 26.3. The molecule has 0 amide bonds. The van der Waals surface area contributed by atoms with E-state index in [1.165, 1.54) is 0 Å². The standard InChI is InChI=1S/C12H17NO2S/c1-11-7-3-4-8-12(11)16(14,15)13-9-5-2-6-10-13/h3-4,7-8H,2,5-6,9-10H2,1H3. The van der Waals surface area contributed by atoms with Gasteiger partial charge in [-0.3, -0.25) is 0 Å². The van der Waals surface area contributed by atoms with Gasteiger partial charge in [0, 0.05) is 13.1 Å². The summed E-state index contributed by atoms with van der Waals surface area (Å²) in [6, 6.07) is 7.19. The predicted molar refractivity (Wildman–Crippen MR) is 63.8 cm³/mol. The van der Waals surface area contributed by atoms with Crippen LogP contribution in [0.15, 0.2) is 29.2 Å². The van der Waals surface area contributed by atoms with Gasteiger partial charge in [-0.15, -0.1) is 0 Å². The van der Waals surface area contributed by atoms with Gasteiger partial charge in [-0.05, 0) is 31.4 Å². The molecule has 0 bridgehead atoms. The molecule has 2 rings (SSSR count). The van der Waals surface area contributed by atoms with Crippen molar-refractivity contribution in [3.8, 4) is 0 Å². The van der Waals surface area contributed by atoms with Gasteiger partial charge in [-0.1, -0.05) is 24.6 Å². The van der Waals surface area contributed by atoms with Crippen LogP contribution in [0.4, 0.5) is 0 Å². The average molecular weight is 239 g/mol. The van der Waals surface area contributed by atoms with Crippen LogP contribution in [0.5, 0.6) is 0 Å². The molecule has 0 spiro atoms. The van der Waals surface area contributed by atoms with E-state index >= 15 is 0 Å². The molecule has 1 saturated heterocycles. The first-order valence-electron chi connectivity index (χ1n) is 5.68. The summed E-state index contributed by atoms with van der Waals surface area (Å²) in [4.78, 5) is 0.455. The molecular formula is C12H17NO2S. The Hall–Kier alpha value is -0.870. The summed E-state index contributed by atoms with van der Waals surface area (Å²) in [5.74, 6) is 0. The van der Waals surface area contributed by atoms with Gasteiger partial charge in [0.15, 0.2) is 0 Å². The van der Waals surface area contributed by atoms with Crippen molar-refractivity contribution in [1.82, 2.24) is 4.31 Å². The Bertz CT molecular complexity index is 462. The SMILES string of the molecule is Cc1ccccc1S(=O)(=O)N1CCCCC1. The van der Waals surface area contributed by atoms with E-state index in [2.05, 4.69) is 0 Å². The van der Waals surface area contributed by atoms with E-state index in [9.17, 15) is 8.42 Å². The predicted octanol–water partition coefficient (Wildman–Crippen LogP) is 2.17. The summed E-state index contributed by atoms with van der Waals surface area (Å²) in [6.07, 6.45) is 3.09. The average Bonchev–Trinajstić information content (AvgIpc) is 2.30. The van der Waals surface area contributed by atoms with Gasteiger partial charge in [0.2, 0.25) is 10.0 Å². The van der Waals surface area contributed by atoms with E-state index in [-0.39, 0.29) is 0 Å². The zero-order valence-corrected chi connectivity index (χ0v) is 10.3. The van der Waals surface area contributed by atoms with Gasteiger partial charge in [-0.2, -0.15) is 4.31 Å². The molecule has 0 aromatic heterocycles. The number of piperidine rings is 1. The molecular weight excluding hydrogens is 222 g/mol. The van der Waals surface area contributed by atoms with E-state index in [1.807, 2.05) is 19.1 Å². The minimum atomic E-state index is -3.26. The van der Waals surface area contributed by atoms with Gasteiger partial charge in [0.1, 0.15) is 0 Å². The molecule has 1 aromatic carbocycles. The van der Waals surface area contributed by atoms with Crippen molar-refractivity contribution in [3.63, 3.8) is 0 Å². The molecule has 0 unspecified atom stereocenters. The molecule has 0 radical (unpaired) electrons. The molecule has 16 heavy (non-hydrogen) atoms. The summed E-state index contributed by atoms with van der Waals surface area (Å²) in [6.45, 7) is 3.17. The fourth-order valence-corrected chi connectivity index (χ4v) is 3.83. The number of aryl methyl sites for hydroxylation is 1. The van der Waals surface area contributed by atoms with Crippen LogP contribution in [-0.2, 0) is 10.0 Å². The third-order valence-electron chi connectivity index (χ3n) is 3.03. The van der Waals surface area contributed by atoms with Gasteiger partial charge >= 0.3 is 0 Å². The first-order valence-corrected chi connectivity index (χ1v) is 7.12. The second-order valence-electron chi connectivity index (χ2n) is 4.23. The maximum absolute atomic E-state index is 12.3. The molecule has 1 aliphatic heterocycles. The third-order valence-corrected chi connectivity index (χ3v) is 5.09. The number of rotatable bonds is 2. The molecule has 0 atom stereocenters. The topological polar surface area (TPSA) is 37.4 Å². The lowest BCUT2D eigenvalue weighted by Gasteiger charge is -2.26. The summed E-state index contributed by atoms with van der Waals surface area (Å²) in [5, 5.41) is 0. The Morgan fingerprint density at radius 2 is 1.69 bits per heavy atom. The van der Waals surface area contributed by atoms with Crippen LogP contribution in [0, 0.1) is 6.92 Å². The highest BCUT2D eigenvalue weighted by Crippen LogP contribution is 2.22. The van der Waals surface area contributed by atoms with Crippen molar-refractivity contribution in [2.45, 2.75) is 31.1 Å². The number of hydrogen-bond acceptors (Lipinski definition) is 2. The second-order valence-corrected chi connectivity index (χ2v) is 6.14. The largest absolute Gasteiger partial charge is 0.243 e. The van der Waals surface area contributed by atoms with Crippen LogP contribution in [0.25, 0.3) is 0 Å². The minimum Gasteiger partial charge on any atom is -0.207 e. The lowest BCUT2D eigenvalue weighted by molar-refractivity contribution is 0.346. The Labute approximate surface area is 97.1 Å². The third kappa shape index (κ3) is 2.13.